The Morgan fingerprint density at radius 1 is 1.25 bits per heavy atom. The first-order valence-corrected chi connectivity index (χ1v) is 7.40. The maximum Gasteiger partial charge on any atom is 0.391 e. The number of β-amino-alcohol motifs (C(OH)–C–C–N with tert-alkyl or cyclic N) is 1. The number of rotatable bonds is 4. The topological polar surface area (TPSA) is 69.6 Å². The largest absolute Gasteiger partial charge is 0.391 e. The van der Waals surface area contributed by atoms with Gasteiger partial charge in [-0.25, -0.2) is 4.79 Å². The fourth-order valence-electron chi connectivity index (χ4n) is 2.65. The number of alkyl halides is 3. The number of benzene rings is 1. The number of hydrogen-bond acceptors (Lipinski definition) is 3. The summed E-state index contributed by atoms with van der Waals surface area (Å²) < 4.78 is 36.9. The molecule has 0 spiro atoms. The lowest BCUT2D eigenvalue weighted by Gasteiger charge is -2.24. The molecule has 0 saturated carbocycles. The van der Waals surface area contributed by atoms with E-state index in [1.165, 1.54) is 6.92 Å². The number of nitrogens with zero attached hydrogens (tertiary/aromatic N) is 1. The maximum absolute atomic E-state index is 12.6. The van der Waals surface area contributed by atoms with E-state index in [-0.39, 0.29) is 0 Å². The van der Waals surface area contributed by atoms with Crippen molar-refractivity contribution in [3.8, 4) is 0 Å². The zero-order chi connectivity index (χ0) is 18.3. The third-order valence-electron chi connectivity index (χ3n) is 4.22. The van der Waals surface area contributed by atoms with Crippen molar-refractivity contribution in [1.29, 1.82) is 0 Å². The van der Waals surface area contributed by atoms with E-state index in [0.29, 0.717) is 10.5 Å². The Kier molecular flexibility index (Phi) is 4.63. The van der Waals surface area contributed by atoms with Crippen molar-refractivity contribution >= 4 is 11.9 Å². The molecule has 2 atom stereocenters. The zero-order valence-corrected chi connectivity index (χ0v) is 13.6. The van der Waals surface area contributed by atoms with Crippen LogP contribution in [0.2, 0.25) is 0 Å². The molecule has 2 rings (SSSR count). The van der Waals surface area contributed by atoms with E-state index in [2.05, 4.69) is 5.32 Å². The molecule has 1 fully saturated rings. The van der Waals surface area contributed by atoms with Crippen LogP contribution in [0.4, 0.5) is 18.0 Å². The summed E-state index contributed by atoms with van der Waals surface area (Å²) in [6.07, 6.45) is -7.91. The summed E-state index contributed by atoms with van der Waals surface area (Å²) in [6, 6.07) is 4.43. The van der Waals surface area contributed by atoms with Gasteiger partial charge in [-0.15, -0.1) is 0 Å². The van der Waals surface area contributed by atoms with Gasteiger partial charge in [0.2, 0.25) is 0 Å². The highest BCUT2D eigenvalue weighted by Gasteiger charge is 2.49. The minimum absolute atomic E-state index is 0.539. The van der Waals surface area contributed by atoms with Crippen molar-refractivity contribution < 1.29 is 27.9 Å². The lowest BCUT2D eigenvalue weighted by Crippen LogP contribution is -2.42. The number of carbonyl (C=O) groups is 2. The minimum atomic E-state index is -4.57. The average Bonchev–Trinajstić information content (AvgIpc) is 2.64. The number of amides is 3. The number of aliphatic hydroxyl groups excluding tert-OH is 1. The molecule has 2 N–H and O–H groups in total. The van der Waals surface area contributed by atoms with Crippen LogP contribution in [-0.4, -0.2) is 40.8 Å². The molecule has 8 heteroatoms. The molecular formula is C16H19F3N2O3. The monoisotopic (exact) mass is 344 g/mol. The van der Waals surface area contributed by atoms with Gasteiger partial charge in [0.05, 0.1) is 19.1 Å². The van der Waals surface area contributed by atoms with Gasteiger partial charge in [-0.2, -0.15) is 13.2 Å². The van der Waals surface area contributed by atoms with Crippen LogP contribution in [-0.2, 0) is 10.3 Å². The summed E-state index contributed by atoms with van der Waals surface area (Å²) >= 11 is 0. The summed E-state index contributed by atoms with van der Waals surface area (Å²) in [5, 5.41) is 12.0. The maximum atomic E-state index is 12.6. The van der Waals surface area contributed by atoms with Crippen LogP contribution in [0.25, 0.3) is 0 Å². The third-order valence-corrected chi connectivity index (χ3v) is 4.22. The quantitative estimate of drug-likeness (QED) is 0.824. The van der Waals surface area contributed by atoms with Crippen molar-refractivity contribution in [2.45, 2.75) is 45.0 Å². The Labute approximate surface area is 137 Å². The van der Waals surface area contributed by atoms with Gasteiger partial charge in [0.15, 0.2) is 0 Å². The second kappa shape index (κ2) is 6.08. The number of urea groups is 1. The van der Waals surface area contributed by atoms with E-state index < -0.39 is 42.7 Å². The molecule has 1 saturated heterocycles. The normalized spacial score (nSPS) is 22.7. The first-order valence-electron chi connectivity index (χ1n) is 7.40. The third kappa shape index (κ3) is 3.53. The molecule has 1 aromatic rings. The highest BCUT2D eigenvalue weighted by atomic mass is 19.4. The Hall–Kier alpha value is -2.09. The standard InChI is InChI=1S/C16H19F3N2O3/c1-9-4-5-11(6-10(9)2)15(3)13(23)21(14(24)20-15)8-12(22)7-16(17,18)19/h4-6,12,22H,7-8H2,1-3H3,(H,20,24)/t12-,15-/m0/s1. The molecule has 0 unspecified atom stereocenters. The highest BCUT2D eigenvalue weighted by molar-refractivity contribution is 6.07. The van der Waals surface area contributed by atoms with Crippen molar-refractivity contribution in [3.63, 3.8) is 0 Å². The van der Waals surface area contributed by atoms with E-state index in [1.807, 2.05) is 13.8 Å². The van der Waals surface area contributed by atoms with Gasteiger partial charge in [0.1, 0.15) is 5.54 Å². The number of hydrogen-bond donors (Lipinski definition) is 2. The minimum Gasteiger partial charge on any atom is -0.391 e. The first kappa shape index (κ1) is 18.3. The highest BCUT2D eigenvalue weighted by Crippen LogP contribution is 2.31. The van der Waals surface area contributed by atoms with Crippen molar-refractivity contribution in [1.82, 2.24) is 10.2 Å². The van der Waals surface area contributed by atoms with E-state index in [1.54, 1.807) is 18.2 Å². The summed E-state index contributed by atoms with van der Waals surface area (Å²) in [7, 11) is 0. The van der Waals surface area contributed by atoms with E-state index in [9.17, 15) is 27.9 Å². The fourth-order valence-corrected chi connectivity index (χ4v) is 2.65. The molecular weight excluding hydrogens is 325 g/mol. The molecule has 0 radical (unpaired) electrons. The van der Waals surface area contributed by atoms with E-state index in [4.69, 9.17) is 0 Å². The molecule has 1 heterocycles. The van der Waals surface area contributed by atoms with Gasteiger partial charge >= 0.3 is 12.2 Å². The van der Waals surface area contributed by atoms with Gasteiger partial charge in [-0.1, -0.05) is 18.2 Å². The number of aliphatic hydroxyl groups is 1. The van der Waals surface area contributed by atoms with Gasteiger partial charge in [0, 0.05) is 0 Å². The van der Waals surface area contributed by atoms with Gasteiger partial charge in [-0.3, -0.25) is 9.69 Å². The van der Waals surface area contributed by atoms with Gasteiger partial charge in [0.25, 0.3) is 5.91 Å². The van der Waals surface area contributed by atoms with Crippen molar-refractivity contribution in [2.75, 3.05) is 6.54 Å². The van der Waals surface area contributed by atoms with E-state index >= 15 is 0 Å². The average molecular weight is 344 g/mol. The van der Waals surface area contributed by atoms with Crippen LogP contribution in [0.15, 0.2) is 18.2 Å². The smallest absolute Gasteiger partial charge is 0.391 e. The number of nitrogens with one attached hydrogen (secondary N) is 1. The molecule has 0 aromatic heterocycles. The summed E-state index contributed by atoms with van der Waals surface area (Å²) in [5.74, 6) is -0.683. The summed E-state index contributed by atoms with van der Waals surface area (Å²) in [6.45, 7) is 4.54. The van der Waals surface area contributed by atoms with Crippen LogP contribution < -0.4 is 5.32 Å². The van der Waals surface area contributed by atoms with Gasteiger partial charge < -0.3 is 10.4 Å². The Balaban J connectivity index is 2.22. The number of halogens is 3. The molecule has 3 amide bonds. The van der Waals surface area contributed by atoms with Crippen LogP contribution in [0.5, 0.6) is 0 Å². The number of aryl methyl sites for hydroxylation is 2. The fraction of sp³-hybridized carbons (Fsp3) is 0.500. The SMILES string of the molecule is Cc1ccc([C@]2(C)NC(=O)N(C[C@@H](O)CC(F)(F)F)C2=O)cc1C. The van der Waals surface area contributed by atoms with Crippen molar-refractivity contribution in [2.24, 2.45) is 0 Å². The van der Waals surface area contributed by atoms with Crippen LogP contribution in [0.1, 0.15) is 30.0 Å². The first-order chi connectivity index (χ1) is 10.9. The van der Waals surface area contributed by atoms with E-state index in [0.717, 1.165) is 11.1 Å². The zero-order valence-electron chi connectivity index (χ0n) is 13.6. The number of carbonyl (C=O) groups excluding carboxylic acids is 2. The predicted octanol–water partition coefficient (Wildman–Crippen LogP) is 2.38. The Bertz CT molecular complexity index is 675. The van der Waals surface area contributed by atoms with Crippen LogP contribution >= 0.6 is 0 Å². The Morgan fingerprint density at radius 3 is 2.42 bits per heavy atom. The summed E-state index contributed by atoms with van der Waals surface area (Å²) in [5.41, 5.74) is 1.10. The molecule has 132 valence electrons. The second-order valence-electron chi connectivity index (χ2n) is 6.24. The molecule has 5 nitrogen and oxygen atoms in total. The Morgan fingerprint density at radius 2 is 1.88 bits per heavy atom. The molecule has 1 aliphatic rings. The number of imide groups is 1. The van der Waals surface area contributed by atoms with Crippen LogP contribution in [0.3, 0.4) is 0 Å². The second-order valence-corrected chi connectivity index (χ2v) is 6.24. The molecule has 1 aromatic carbocycles. The molecule has 0 aliphatic carbocycles. The molecule has 1 aliphatic heterocycles. The predicted molar refractivity (Wildman–Crippen MR) is 80.2 cm³/mol. The lowest BCUT2D eigenvalue weighted by atomic mass is 9.89. The van der Waals surface area contributed by atoms with Crippen molar-refractivity contribution in [3.05, 3.63) is 34.9 Å². The molecule has 0 bridgehead atoms. The summed E-state index contributed by atoms with van der Waals surface area (Å²) in [4.78, 5) is 25.2. The lowest BCUT2D eigenvalue weighted by molar-refractivity contribution is -0.156. The van der Waals surface area contributed by atoms with Gasteiger partial charge in [-0.05, 0) is 37.5 Å². The van der Waals surface area contributed by atoms with Crippen LogP contribution in [0, 0.1) is 13.8 Å². The molecule has 24 heavy (non-hydrogen) atoms.